The molecule has 4 bridgehead atoms. The van der Waals surface area contributed by atoms with E-state index in [1.165, 1.54) is 21.8 Å². The van der Waals surface area contributed by atoms with Gasteiger partial charge in [0, 0.05) is 48.5 Å². The molecule has 6 heterocycles. The maximum atomic E-state index is 12.3. The van der Waals surface area contributed by atoms with Crippen molar-refractivity contribution < 1.29 is 38.0 Å². The summed E-state index contributed by atoms with van der Waals surface area (Å²) in [6.45, 7) is 17.7. The highest BCUT2D eigenvalue weighted by molar-refractivity contribution is 5.71. The molecule has 0 unspecified atom stereocenters. The van der Waals surface area contributed by atoms with E-state index >= 15 is 0 Å². The number of imidazole rings is 2. The minimum absolute atomic E-state index is 0.154. The number of aromatic nitrogens is 4. The van der Waals surface area contributed by atoms with Gasteiger partial charge in [0.2, 0.25) is 0 Å². The van der Waals surface area contributed by atoms with Crippen molar-refractivity contribution in [1.82, 2.24) is 19.1 Å². The fourth-order valence-electron chi connectivity index (χ4n) is 7.68. The second-order valence-electron chi connectivity index (χ2n) is 13.5. The van der Waals surface area contributed by atoms with E-state index < -0.39 is 35.0 Å². The highest BCUT2D eigenvalue weighted by atomic mass is 16.7. The van der Waals surface area contributed by atoms with Gasteiger partial charge in [-0.25, -0.2) is 28.7 Å². The molecule has 0 N–H and O–H groups in total. The van der Waals surface area contributed by atoms with Gasteiger partial charge >= 0.3 is 12.2 Å². The molecule has 0 aromatic carbocycles. The largest absolute Gasteiger partial charge is 0.440 e. The van der Waals surface area contributed by atoms with Crippen molar-refractivity contribution in [3.63, 3.8) is 0 Å². The molecular formula is C32H48N4O8. The summed E-state index contributed by atoms with van der Waals surface area (Å²) in [5, 5.41) is 0. The third-order valence-corrected chi connectivity index (χ3v) is 10.1. The van der Waals surface area contributed by atoms with Crippen LogP contribution in [0.15, 0.2) is 37.4 Å². The first kappa shape index (κ1) is 32.6. The van der Waals surface area contributed by atoms with E-state index in [0.29, 0.717) is 13.2 Å². The second-order valence-corrected chi connectivity index (χ2v) is 13.5. The smallest absolute Gasteiger partial charge is 0.419 e. The molecule has 4 aliphatic heterocycles. The van der Waals surface area contributed by atoms with Gasteiger partial charge in [0.05, 0.1) is 13.2 Å². The summed E-state index contributed by atoms with van der Waals surface area (Å²) in [5.41, 5.74) is -1.33. The fraction of sp³-hybridized carbons (Fsp3) is 0.750. The Morgan fingerprint density at radius 1 is 0.750 bits per heavy atom. The van der Waals surface area contributed by atoms with Gasteiger partial charge in [-0.1, -0.05) is 41.5 Å². The molecule has 44 heavy (non-hydrogen) atoms. The van der Waals surface area contributed by atoms with Crippen molar-refractivity contribution in [3.05, 3.63) is 37.4 Å². The van der Waals surface area contributed by atoms with E-state index in [4.69, 9.17) is 28.4 Å². The SMILES string of the molecule is CC[C@@]12OC[C@H](C)[C@@H](O1)[C@](C)(OC(=O)n1ccnc1)C[C@H]2C.CC[C@@]12OC[C@H](C)[C@@H](O1)[C@](C)(OC(=O)n1ccnc1)C[C@H]2C. The fourth-order valence-corrected chi connectivity index (χ4v) is 7.68. The van der Waals surface area contributed by atoms with Crippen LogP contribution >= 0.6 is 0 Å². The van der Waals surface area contributed by atoms with Gasteiger partial charge in [-0.05, 0) is 39.5 Å². The predicted octanol–water partition coefficient (Wildman–Crippen LogP) is 5.65. The van der Waals surface area contributed by atoms with Crippen LogP contribution in [-0.2, 0) is 28.4 Å². The molecule has 2 aromatic rings. The lowest BCUT2D eigenvalue weighted by molar-refractivity contribution is -0.383. The van der Waals surface area contributed by atoms with Gasteiger partial charge in [-0.2, -0.15) is 0 Å². The van der Waals surface area contributed by atoms with E-state index in [-0.39, 0.29) is 35.9 Å². The molecule has 10 atom stereocenters. The van der Waals surface area contributed by atoms with Crippen LogP contribution < -0.4 is 0 Å². The summed E-state index contributed by atoms with van der Waals surface area (Å²) in [6, 6.07) is 0. The van der Waals surface area contributed by atoms with E-state index in [1.807, 2.05) is 13.8 Å². The Morgan fingerprint density at radius 3 is 1.45 bits per heavy atom. The normalized spacial score (nSPS) is 41.2. The maximum Gasteiger partial charge on any atom is 0.419 e. The van der Waals surface area contributed by atoms with E-state index in [0.717, 1.165) is 25.7 Å². The summed E-state index contributed by atoms with van der Waals surface area (Å²) in [6.07, 6.45) is 11.0. The number of hydrogen-bond acceptors (Lipinski definition) is 10. The Bertz CT molecular complexity index is 1190. The molecule has 4 saturated heterocycles. The van der Waals surface area contributed by atoms with Crippen LogP contribution in [0, 0.1) is 23.7 Å². The van der Waals surface area contributed by atoms with Crippen LogP contribution in [0.5, 0.6) is 0 Å². The molecule has 4 aliphatic rings. The van der Waals surface area contributed by atoms with Crippen molar-refractivity contribution in [2.45, 2.75) is 116 Å². The van der Waals surface area contributed by atoms with Crippen LogP contribution in [0.2, 0.25) is 0 Å². The molecule has 0 aliphatic carbocycles. The van der Waals surface area contributed by atoms with Gasteiger partial charge in [0.15, 0.2) is 11.6 Å². The standard InChI is InChI=1S/2C16H24N2O4/c2*1-5-16-12(3)8-15(4,13(21-16)11(2)9-20-16)22-14(19)18-7-6-17-10-18/h2*6-7,10-13H,5,8-9H2,1-4H3/t2*11-,12+,13+,15+,16+/m00/s1. The molecular weight excluding hydrogens is 568 g/mol. The van der Waals surface area contributed by atoms with Crippen LogP contribution in [0.4, 0.5) is 9.59 Å². The van der Waals surface area contributed by atoms with E-state index in [1.54, 1.807) is 24.8 Å². The first-order valence-electron chi connectivity index (χ1n) is 15.9. The Kier molecular flexibility index (Phi) is 9.03. The minimum Gasteiger partial charge on any atom is -0.440 e. The molecule has 0 amide bonds. The third kappa shape index (κ3) is 5.81. The topological polar surface area (TPSA) is 125 Å². The summed E-state index contributed by atoms with van der Waals surface area (Å²) in [4.78, 5) is 32.4. The van der Waals surface area contributed by atoms with Crippen molar-refractivity contribution >= 4 is 12.2 Å². The highest BCUT2D eigenvalue weighted by Crippen LogP contribution is 2.50. The lowest BCUT2D eigenvalue weighted by Crippen LogP contribution is -2.66. The zero-order valence-electron chi connectivity index (χ0n) is 27.2. The van der Waals surface area contributed by atoms with Gasteiger partial charge in [0.25, 0.3) is 0 Å². The Labute approximate surface area is 259 Å². The number of ether oxygens (including phenoxy) is 6. The molecule has 244 valence electrons. The lowest BCUT2D eigenvalue weighted by atomic mass is 9.74. The lowest BCUT2D eigenvalue weighted by Gasteiger charge is -2.57. The minimum atomic E-state index is -0.664. The number of carbonyl (C=O) groups excluding carboxylic acids is 2. The van der Waals surface area contributed by atoms with Gasteiger partial charge in [0.1, 0.15) is 36.1 Å². The first-order chi connectivity index (χ1) is 20.8. The van der Waals surface area contributed by atoms with Gasteiger partial charge in [-0.3, -0.25) is 0 Å². The van der Waals surface area contributed by atoms with Crippen LogP contribution in [0.3, 0.4) is 0 Å². The third-order valence-electron chi connectivity index (χ3n) is 10.1. The average Bonchev–Trinajstić information content (AvgIpc) is 3.73. The molecule has 4 fully saturated rings. The van der Waals surface area contributed by atoms with Gasteiger partial charge < -0.3 is 28.4 Å². The quantitative estimate of drug-likeness (QED) is 0.426. The Hall–Kier alpha value is -2.80. The average molecular weight is 617 g/mol. The van der Waals surface area contributed by atoms with Crippen molar-refractivity contribution in [2.24, 2.45) is 23.7 Å². The van der Waals surface area contributed by atoms with Crippen LogP contribution in [0.1, 0.15) is 81.1 Å². The molecule has 0 saturated carbocycles. The summed E-state index contributed by atoms with van der Waals surface area (Å²) in [5.74, 6) is -0.430. The van der Waals surface area contributed by atoms with E-state index in [2.05, 4.69) is 51.5 Å². The zero-order chi connectivity index (χ0) is 31.9. The van der Waals surface area contributed by atoms with Crippen molar-refractivity contribution in [1.29, 1.82) is 0 Å². The van der Waals surface area contributed by atoms with Crippen molar-refractivity contribution in [2.75, 3.05) is 13.2 Å². The number of hydrogen-bond donors (Lipinski definition) is 0. The molecule has 12 nitrogen and oxygen atoms in total. The molecule has 0 spiro atoms. The molecule has 2 aromatic heterocycles. The van der Waals surface area contributed by atoms with Crippen molar-refractivity contribution in [3.8, 4) is 0 Å². The number of fused-ring (bicyclic) bond motifs is 4. The Balaban J connectivity index is 0.000000175. The molecule has 6 rings (SSSR count). The van der Waals surface area contributed by atoms with Gasteiger partial charge in [-0.15, -0.1) is 0 Å². The monoisotopic (exact) mass is 616 g/mol. The molecule has 12 heteroatoms. The van der Waals surface area contributed by atoms with E-state index in [9.17, 15) is 9.59 Å². The predicted molar refractivity (Wildman–Crippen MR) is 159 cm³/mol. The summed E-state index contributed by atoms with van der Waals surface area (Å²) >= 11 is 0. The Morgan fingerprint density at radius 2 is 1.14 bits per heavy atom. The first-order valence-corrected chi connectivity index (χ1v) is 15.9. The van der Waals surface area contributed by atoms with Crippen LogP contribution in [-0.4, -0.2) is 79.5 Å². The summed E-state index contributed by atoms with van der Waals surface area (Å²) in [7, 11) is 0. The highest BCUT2D eigenvalue weighted by Gasteiger charge is 2.59. The number of rotatable bonds is 4. The van der Waals surface area contributed by atoms with Crippen LogP contribution in [0.25, 0.3) is 0 Å². The second kappa shape index (κ2) is 12.2. The number of carbonyl (C=O) groups is 2. The zero-order valence-corrected chi connectivity index (χ0v) is 27.2. The maximum absolute atomic E-state index is 12.3. The summed E-state index contributed by atoms with van der Waals surface area (Å²) < 4.78 is 39.0. The molecule has 0 radical (unpaired) electrons. The number of nitrogens with zero attached hydrogens (tertiary/aromatic N) is 4.